The molecule has 2 atom stereocenters. The van der Waals surface area contributed by atoms with Crippen molar-refractivity contribution in [1.82, 2.24) is 15.5 Å². The van der Waals surface area contributed by atoms with E-state index in [9.17, 15) is 19.6 Å². The average molecular weight is 358 g/mol. The summed E-state index contributed by atoms with van der Waals surface area (Å²) in [6.45, 7) is 0.836. The third-order valence-electron chi connectivity index (χ3n) is 4.40. The van der Waals surface area contributed by atoms with Gasteiger partial charge < -0.3 is 25.6 Å². The van der Waals surface area contributed by atoms with E-state index >= 15 is 0 Å². The minimum absolute atomic E-state index is 0.145. The first-order chi connectivity index (χ1) is 12.5. The molecule has 0 radical (unpaired) electrons. The highest BCUT2D eigenvalue weighted by Crippen LogP contribution is 2.17. The number of likely N-dealkylation sites (tertiary alicyclic amines) is 1. The number of rotatable bonds is 7. The Hall–Kier alpha value is -2.57. The predicted molar refractivity (Wildman–Crippen MR) is 95.6 cm³/mol. The topological polar surface area (TPSA) is 126 Å². The van der Waals surface area contributed by atoms with E-state index in [0.29, 0.717) is 6.54 Å². The largest absolute Gasteiger partial charge is 0.475 e. The third-order valence-corrected chi connectivity index (χ3v) is 4.40. The standard InChI is InChI=1S/C17H23BN4O4/c19-9-8-16(23)22-10-4-7-14(22)12-20-17(24)21-15(18(25)26)11-13-5-2-1-3-6-13/h1-3,5-6,14-15,25-26H,4,7-8,10-12H2,(H2,20,21,24)/t14-,15-/m0/s1. The van der Waals surface area contributed by atoms with Crippen LogP contribution in [0.25, 0.3) is 0 Å². The molecule has 1 aliphatic heterocycles. The van der Waals surface area contributed by atoms with Crippen molar-refractivity contribution in [2.24, 2.45) is 0 Å². The Bertz CT molecular complexity index is 650. The molecule has 0 aliphatic carbocycles. The van der Waals surface area contributed by atoms with Gasteiger partial charge in [0.2, 0.25) is 5.91 Å². The summed E-state index contributed by atoms with van der Waals surface area (Å²) in [5.41, 5.74) is 0.870. The molecule has 0 aromatic heterocycles. The highest BCUT2D eigenvalue weighted by atomic mass is 16.4. The summed E-state index contributed by atoms with van der Waals surface area (Å²) >= 11 is 0. The van der Waals surface area contributed by atoms with Gasteiger partial charge in [-0.15, -0.1) is 0 Å². The van der Waals surface area contributed by atoms with Crippen LogP contribution in [0.15, 0.2) is 30.3 Å². The number of amides is 3. The van der Waals surface area contributed by atoms with Gasteiger partial charge in [0.25, 0.3) is 0 Å². The monoisotopic (exact) mass is 358 g/mol. The molecular formula is C17H23BN4O4. The summed E-state index contributed by atoms with van der Waals surface area (Å²) in [6, 6.07) is 10.4. The number of hydrogen-bond acceptors (Lipinski definition) is 5. The number of urea groups is 1. The number of carbonyl (C=O) groups excluding carboxylic acids is 2. The zero-order valence-corrected chi connectivity index (χ0v) is 14.5. The molecule has 1 aromatic carbocycles. The second-order valence-corrected chi connectivity index (χ2v) is 6.28. The molecule has 26 heavy (non-hydrogen) atoms. The number of nitrogens with one attached hydrogen (secondary N) is 2. The molecule has 3 amide bonds. The number of nitrogens with zero attached hydrogens (tertiary/aromatic N) is 2. The molecule has 1 aliphatic rings. The maximum Gasteiger partial charge on any atom is 0.475 e. The Labute approximate surface area is 152 Å². The van der Waals surface area contributed by atoms with E-state index in [1.165, 1.54) is 0 Å². The van der Waals surface area contributed by atoms with Gasteiger partial charge in [-0.05, 0) is 24.8 Å². The summed E-state index contributed by atoms with van der Waals surface area (Å²) in [4.78, 5) is 25.6. The molecule has 1 heterocycles. The number of benzene rings is 1. The van der Waals surface area contributed by atoms with Crippen LogP contribution in [-0.2, 0) is 11.2 Å². The summed E-state index contributed by atoms with van der Waals surface area (Å²) in [5.74, 6) is -1.08. The van der Waals surface area contributed by atoms with Crippen LogP contribution in [0.5, 0.6) is 0 Å². The van der Waals surface area contributed by atoms with Crippen LogP contribution in [0.2, 0.25) is 0 Å². The van der Waals surface area contributed by atoms with Crippen LogP contribution >= 0.6 is 0 Å². The number of nitriles is 1. The van der Waals surface area contributed by atoms with Gasteiger partial charge in [-0.2, -0.15) is 5.26 Å². The molecule has 0 bridgehead atoms. The van der Waals surface area contributed by atoms with E-state index in [1.807, 2.05) is 36.4 Å². The van der Waals surface area contributed by atoms with Crippen molar-refractivity contribution in [3.8, 4) is 6.07 Å². The maximum atomic E-state index is 12.1. The van der Waals surface area contributed by atoms with Gasteiger partial charge in [-0.1, -0.05) is 30.3 Å². The lowest BCUT2D eigenvalue weighted by molar-refractivity contribution is -0.130. The fourth-order valence-electron chi connectivity index (χ4n) is 3.07. The highest BCUT2D eigenvalue weighted by molar-refractivity contribution is 6.43. The van der Waals surface area contributed by atoms with E-state index in [2.05, 4.69) is 10.6 Å². The van der Waals surface area contributed by atoms with Crippen LogP contribution < -0.4 is 10.6 Å². The molecule has 8 nitrogen and oxygen atoms in total. The summed E-state index contributed by atoms with van der Waals surface area (Å²) in [5, 5.41) is 32.9. The van der Waals surface area contributed by atoms with Crippen molar-refractivity contribution in [2.45, 2.75) is 37.7 Å². The van der Waals surface area contributed by atoms with Crippen molar-refractivity contribution in [3.63, 3.8) is 0 Å². The first-order valence-electron chi connectivity index (χ1n) is 8.62. The van der Waals surface area contributed by atoms with Crippen molar-refractivity contribution in [1.29, 1.82) is 5.26 Å². The van der Waals surface area contributed by atoms with Crippen molar-refractivity contribution in [2.75, 3.05) is 13.1 Å². The zero-order chi connectivity index (χ0) is 18.9. The lowest BCUT2D eigenvalue weighted by Crippen LogP contribution is -2.53. The van der Waals surface area contributed by atoms with Gasteiger partial charge in [0.1, 0.15) is 6.42 Å². The fourth-order valence-corrected chi connectivity index (χ4v) is 3.07. The van der Waals surface area contributed by atoms with Gasteiger partial charge in [0.05, 0.1) is 12.0 Å². The molecule has 1 saturated heterocycles. The Kier molecular flexibility index (Phi) is 7.44. The van der Waals surface area contributed by atoms with Gasteiger partial charge in [-0.25, -0.2) is 4.79 Å². The van der Waals surface area contributed by atoms with Crippen LogP contribution in [0.4, 0.5) is 4.79 Å². The molecule has 1 fully saturated rings. The summed E-state index contributed by atoms with van der Waals surface area (Å²) in [6.07, 6.45) is 1.70. The van der Waals surface area contributed by atoms with E-state index in [4.69, 9.17) is 5.26 Å². The molecule has 138 valence electrons. The van der Waals surface area contributed by atoms with Gasteiger partial charge in [0.15, 0.2) is 0 Å². The van der Waals surface area contributed by atoms with Crippen molar-refractivity contribution in [3.05, 3.63) is 35.9 Å². The molecule has 2 rings (SSSR count). The third kappa shape index (κ3) is 5.76. The highest BCUT2D eigenvalue weighted by Gasteiger charge is 2.30. The van der Waals surface area contributed by atoms with E-state index < -0.39 is 19.1 Å². The molecule has 0 unspecified atom stereocenters. The van der Waals surface area contributed by atoms with Crippen LogP contribution in [0, 0.1) is 11.3 Å². The predicted octanol–water partition coefficient (Wildman–Crippen LogP) is -0.186. The Morgan fingerprint density at radius 3 is 2.73 bits per heavy atom. The minimum Gasteiger partial charge on any atom is -0.426 e. The normalized spacial score (nSPS) is 17.3. The molecular weight excluding hydrogens is 335 g/mol. The molecule has 9 heteroatoms. The summed E-state index contributed by atoms with van der Waals surface area (Å²) in [7, 11) is -1.69. The Morgan fingerprint density at radius 2 is 2.08 bits per heavy atom. The van der Waals surface area contributed by atoms with Gasteiger partial charge >= 0.3 is 13.1 Å². The first-order valence-corrected chi connectivity index (χ1v) is 8.62. The van der Waals surface area contributed by atoms with Crippen LogP contribution in [0.3, 0.4) is 0 Å². The van der Waals surface area contributed by atoms with Crippen LogP contribution in [-0.4, -0.2) is 59.1 Å². The number of hydrogen-bond donors (Lipinski definition) is 4. The SMILES string of the molecule is N#CCC(=O)N1CCC[C@H]1CNC(=O)N[C@@H](Cc1ccccc1)B(O)O. The van der Waals surface area contributed by atoms with E-state index in [-0.39, 0.29) is 31.3 Å². The molecule has 0 saturated carbocycles. The van der Waals surface area contributed by atoms with Crippen LogP contribution in [0.1, 0.15) is 24.8 Å². The fraction of sp³-hybridized carbons (Fsp3) is 0.471. The van der Waals surface area contributed by atoms with Gasteiger partial charge in [0, 0.05) is 19.1 Å². The summed E-state index contributed by atoms with van der Waals surface area (Å²) < 4.78 is 0. The Morgan fingerprint density at radius 1 is 1.35 bits per heavy atom. The van der Waals surface area contributed by atoms with E-state index in [0.717, 1.165) is 18.4 Å². The van der Waals surface area contributed by atoms with E-state index in [1.54, 1.807) is 4.90 Å². The lowest BCUT2D eigenvalue weighted by Gasteiger charge is -2.25. The molecule has 4 N–H and O–H groups in total. The van der Waals surface area contributed by atoms with Gasteiger partial charge in [-0.3, -0.25) is 4.79 Å². The second-order valence-electron chi connectivity index (χ2n) is 6.28. The zero-order valence-electron chi connectivity index (χ0n) is 14.5. The number of carbonyl (C=O) groups is 2. The van der Waals surface area contributed by atoms with Crippen molar-refractivity contribution >= 4 is 19.1 Å². The maximum absolute atomic E-state index is 12.1. The van der Waals surface area contributed by atoms with Crippen molar-refractivity contribution < 1.29 is 19.6 Å². The smallest absolute Gasteiger partial charge is 0.426 e. The molecule has 1 aromatic rings. The minimum atomic E-state index is -1.69. The second kappa shape index (κ2) is 9.80. The lowest BCUT2D eigenvalue weighted by atomic mass is 9.76. The quantitative estimate of drug-likeness (QED) is 0.503. The average Bonchev–Trinajstić information content (AvgIpc) is 3.09. The Balaban J connectivity index is 1.84. The molecule has 0 spiro atoms. The first kappa shape index (κ1) is 19.8.